The van der Waals surface area contributed by atoms with Crippen molar-refractivity contribution in [2.45, 2.75) is 18.4 Å². The normalized spacial score (nSPS) is 11.7. The Balaban J connectivity index is 2.04. The Kier molecular flexibility index (Phi) is 5.76. The van der Waals surface area contributed by atoms with Crippen LogP contribution in [0.4, 0.5) is 0 Å². The topological polar surface area (TPSA) is 88.3 Å². The number of aromatic nitrogens is 1. The summed E-state index contributed by atoms with van der Waals surface area (Å²) in [6, 6.07) is 11.1. The number of ether oxygens (including phenoxy) is 1. The average molecular weight is 427 g/mol. The van der Waals surface area contributed by atoms with Crippen LogP contribution in [0.1, 0.15) is 23.0 Å². The molecule has 9 heteroatoms. The van der Waals surface area contributed by atoms with Gasteiger partial charge in [-0.1, -0.05) is 41.4 Å². The second-order valence-corrected chi connectivity index (χ2v) is 8.26. The van der Waals surface area contributed by atoms with Gasteiger partial charge in [0.25, 0.3) is 0 Å². The van der Waals surface area contributed by atoms with Crippen LogP contribution in [0.15, 0.2) is 47.4 Å². The van der Waals surface area contributed by atoms with Crippen molar-refractivity contribution in [1.29, 1.82) is 0 Å². The van der Waals surface area contributed by atoms with E-state index >= 15 is 0 Å². The van der Waals surface area contributed by atoms with Crippen LogP contribution in [0.3, 0.4) is 0 Å². The maximum atomic E-state index is 12.5. The van der Waals surface area contributed by atoms with E-state index in [4.69, 9.17) is 27.9 Å². The summed E-state index contributed by atoms with van der Waals surface area (Å²) in [7, 11) is -3.77. The van der Waals surface area contributed by atoms with Crippen molar-refractivity contribution in [3.8, 4) is 0 Å². The molecule has 0 amide bonds. The van der Waals surface area contributed by atoms with Crippen molar-refractivity contribution in [2.75, 3.05) is 6.61 Å². The number of benzene rings is 2. The van der Waals surface area contributed by atoms with Crippen molar-refractivity contribution in [3.63, 3.8) is 0 Å². The predicted octanol–water partition coefficient (Wildman–Crippen LogP) is 4.13. The molecule has 0 aliphatic carbocycles. The minimum Gasteiger partial charge on any atom is -0.461 e. The number of aromatic amines is 1. The van der Waals surface area contributed by atoms with Gasteiger partial charge in [-0.15, -0.1) is 0 Å². The molecule has 1 aromatic heterocycles. The number of fused-ring (bicyclic) bond motifs is 1. The average Bonchev–Trinajstić information content (AvgIpc) is 3.00. The summed E-state index contributed by atoms with van der Waals surface area (Å²) in [5, 5.41) is 1.21. The van der Waals surface area contributed by atoms with Gasteiger partial charge in [-0.2, -0.15) is 0 Å². The van der Waals surface area contributed by atoms with E-state index in [9.17, 15) is 13.2 Å². The molecule has 0 saturated carbocycles. The fraction of sp³-hybridized carbons (Fsp3) is 0.167. The van der Waals surface area contributed by atoms with E-state index in [0.717, 1.165) is 0 Å². The molecule has 0 radical (unpaired) electrons. The molecule has 6 nitrogen and oxygen atoms in total. The number of carbonyl (C=O) groups excluding carboxylic acids is 1. The largest absolute Gasteiger partial charge is 0.461 e. The molecule has 0 unspecified atom stereocenters. The summed E-state index contributed by atoms with van der Waals surface area (Å²) < 4.78 is 32.6. The first-order valence-corrected chi connectivity index (χ1v) is 10.3. The lowest BCUT2D eigenvalue weighted by atomic mass is 10.1. The van der Waals surface area contributed by atoms with Crippen molar-refractivity contribution in [2.24, 2.45) is 0 Å². The molecule has 3 aromatic rings. The zero-order chi connectivity index (χ0) is 19.6. The SMILES string of the molecule is CCOC(=O)c1[nH]c2cc(Cl)cc(Cl)c2c1CNS(=O)(=O)c1ccccc1. The number of H-pyrrole nitrogens is 1. The Morgan fingerprint density at radius 2 is 1.89 bits per heavy atom. The highest BCUT2D eigenvalue weighted by Gasteiger charge is 2.23. The van der Waals surface area contributed by atoms with Gasteiger partial charge in [0.2, 0.25) is 10.0 Å². The van der Waals surface area contributed by atoms with E-state index in [-0.39, 0.29) is 23.7 Å². The number of rotatable bonds is 6. The lowest BCUT2D eigenvalue weighted by molar-refractivity contribution is 0.0519. The van der Waals surface area contributed by atoms with E-state index in [2.05, 4.69) is 9.71 Å². The van der Waals surface area contributed by atoms with E-state index in [1.54, 1.807) is 31.2 Å². The minimum absolute atomic E-state index is 0.122. The molecule has 27 heavy (non-hydrogen) atoms. The number of nitrogens with one attached hydrogen (secondary N) is 2. The summed E-state index contributed by atoms with van der Waals surface area (Å²) in [6.45, 7) is 1.72. The third-order valence-corrected chi connectivity index (χ3v) is 5.82. The Morgan fingerprint density at radius 1 is 1.19 bits per heavy atom. The molecule has 0 saturated heterocycles. The van der Waals surface area contributed by atoms with Gasteiger partial charge in [0.05, 0.1) is 16.5 Å². The van der Waals surface area contributed by atoms with Crippen LogP contribution >= 0.6 is 23.2 Å². The van der Waals surface area contributed by atoms with E-state index in [1.807, 2.05) is 0 Å². The summed E-state index contributed by atoms with van der Waals surface area (Å²) >= 11 is 12.3. The fourth-order valence-electron chi connectivity index (χ4n) is 2.72. The molecule has 3 rings (SSSR count). The molecule has 0 bridgehead atoms. The smallest absolute Gasteiger partial charge is 0.355 e. The molecular weight excluding hydrogens is 411 g/mol. The van der Waals surface area contributed by atoms with Gasteiger partial charge in [-0.05, 0) is 31.2 Å². The van der Waals surface area contributed by atoms with Crippen molar-refractivity contribution in [1.82, 2.24) is 9.71 Å². The summed E-state index contributed by atoms with van der Waals surface area (Å²) in [6.07, 6.45) is 0. The first kappa shape index (κ1) is 19.7. The Bertz CT molecular complexity index is 1100. The molecule has 0 fully saturated rings. The van der Waals surface area contributed by atoms with Crippen LogP contribution in [-0.4, -0.2) is 26.0 Å². The molecule has 142 valence electrons. The molecular formula is C18H16Cl2N2O4S. The number of hydrogen-bond acceptors (Lipinski definition) is 4. The van der Waals surface area contributed by atoms with Gasteiger partial charge in [0.15, 0.2) is 0 Å². The van der Waals surface area contributed by atoms with Crippen molar-refractivity contribution >= 4 is 50.1 Å². The zero-order valence-corrected chi connectivity index (χ0v) is 16.6. The van der Waals surface area contributed by atoms with Gasteiger partial charge in [0.1, 0.15) is 5.69 Å². The van der Waals surface area contributed by atoms with Crippen LogP contribution in [-0.2, 0) is 21.3 Å². The molecule has 2 N–H and O–H groups in total. The van der Waals surface area contributed by atoms with E-state index < -0.39 is 16.0 Å². The van der Waals surface area contributed by atoms with Crippen molar-refractivity contribution < 1.29 is 17.9 Å². The Morgan fingerprint density at radius 3 is 2.56 bits per heavy atom. The van der Waals surface area contributed by atoms with Gasteiger partial charge < -0.3 is 9.72 Å². The molecule has 0 aliphatic heterocycles. The number of carbonyl (C=O) groups is 1. The zero-order valence-electron chi connectivity index (χ0n) is 14.3. The van der Waals surface area contributed by atoms with Crippen LogP contribution in [0.2, 0.25) is 10.0 Å². The fourth-order valence-corrected chi connectivity index (χ4v) is 4.34. The second-order valence-electron chi connectivity index (χ2n) is 5.65. The summed E-state index contributed by atoms with van der Waals surface area (Å²) in [5.74, 6) is -0.602. The third-order valence-electron chi connectivity index (χ3n) is 3.89. The number of esters is 1. The Labute approximate surface area is 166 Å². The van der Waals surface area contributed by atoms with Crippen LogP contribution in [0.25, 0.3) is 10.9 Å². The van der Waals surface area contributed by atoms with E-state index in [1.165, 1.54) is 18.2 Å². The van der Waals surface area contributed by atoms with E-state index in [0.29, 0.717) is 26.5 Å². The molecule has 0 spiro atoms. The first-order valence-electron chi connectivity index (χ1n) is 8.05. The minimum atomic E-state index is -3.77. The molecule has 2 aromatic carbocycles. The van der Waals surface area contributed by atoms with Gasteiger partial charge in [-0.3, -0.25) is 0 Å². The standard InChI is InChI=1S/C18H16Cl2N2O4S/c1-2-26-18(23)17-13(16-14(20)8-11(19)9-15(16)22-17)10-21-27(24,25)12-6-4-3-5-7-12/h3-9,21-22H,2,10H2,1H3. The highest BCUT2D eigenvalue weighted by molar-refractivity contribution is 7.89. The summed E-state index contributed by atoms with van der Waals surface area (Å²) in [4.78, 5) is 15.4. The monoisotopic (exact) mass is 426 g/mol. The Hall–Kier alpha value is -2.06. The van der Waals surface area contributed by atoms with Crippen molar-refractivity contribution in [3.05, 3.63) is 63.8 Å². The number of sulfonamides is 1. The third kappa shape index (κ3) is 4.11. The van der Waals surface area contributed by atoms with Crippen LogP contribution < -0.4 is 4.72 Å². The second kappa shape index (κ2) is 7.90. The van der Waals surface area contributed by atoms with Gasteiger partial charge in [0, 0.05) is 28.0 Å². The summed E-state index contributed by atoms with van der Waals surface area (Å²) in [5.41, 5.74) is 1.04. The number of hydrogen-bond donors (Lipinski definition) is 2. The molecule has 0 aliphatic rings. The first-order chi connectivity index (χ1) is 12.8. The molecule has 1 heterocycles. The predicted molar refractivity (Wildman–Crippen MR) is 105 cm³/mol. The lowest BCUT2D eigenvalue weighted by Gasteiger charge is -2.09. The molecule has 0 atom stereocenters. The maximum Gasteiger partial charge on any atom is 0.355 e. The highest BCUT2D eigenvalue weighted by atomic mass is 35.5. The van der Waals surface area contributed by atoms with Crippen LogP contribution in [0, 0.1) is 0 Å². The number of halogens is 2. The van der Waals surface area contributed by atoms with Crippen LogP contribution in [0.5, 0.6) is 0 Å². The lowest BCUT2D eigenvalue weighted by Crippen LogP contribution is -2.24. The maximum absolute atomic E-state index is 12.5. The van der Waals surface area contributed by atoms with Gasteiger partial charge >= 0.3 is 5.97 Å². The van der Waals surface area contributed by atoms with Gasteiger partial charge in [-0.25, -0.2) is 17.9 Å². The quantitative estimate of drug-likeness (QED) is 0.579. The highest BCUT2D eigenvalue weighted by Crippen LogP contribution is 2.33.